The fourth-order valence-electron chi connectivity index (χ4n) is 4.30. The second-order valence-electron chi connectivity index (χ2n) is 7.58. The predicted molar refractivity (Wildman–Crippen MR) is 108 cm³/mol. The van der Waals surface area contributed by atoms with Crippen LogP contribution < -0.4 is 4.74 Å². The van der Waals surface area contributed by atoms with Crippen molar-refractivity contribution in [1.82, 2.24) is 20.0 Å². The van der Waals surface area contributed by atoms with Crippen molar-refractivity contribution < 1.29 is 9.53 Å². The van der Waals surface area contributed by atoms with Crippen LogP contribution in [-0.2, 0) is 0 Å². The Bertz CT molecular complexity index is 1170. The number of nitrogens with zero attached hydrogens (tertiary/aromatic N) is 3. The highest BCUT2D eigenvalue weighted by Gasteiger charge is 2.20. The highest BCUT2D eigenvalue weighted by molar-refractivity contribution is 5.97. The van der Waals surface area contributed by atoms with Gasteiger partial charge in [0.1, 0.15) is 5.52 Å². The highest BCUT2D eigenvalue weighted by atomic mass is 16.5. The molecule has 1 aliphatic rings. The second kappa shape index (κ2) is 6.78. The Morgan fingerprint density at radius 2 is 2.00 bits per heavy atom. The Morgan fingerprint density at radius 1 is 1.14 bits per heavy atom. The van der Waals surface area contributed by atoms with Gasteiger partial charge >= 0.3 is 5.97 Å². The number of hydrogen-bond donors (Lipinski definition) is 1. The minimum Gasteiger partial charge on any atom is -0.420 e. The van der Waals surface area contributed by atoms with E-state index in [9.17, 15) is 4.79 Å². The van der Waals surface area contributed by atoms with Crippen LogP contribution >= 0.6 is 0 Å². The molecule has 4 aromatic rings. The van der Waals surface area contributed by atoms with Crippen LogP contribution in [0.3, 0.4) is 0 Å². The lowest BCUT2D eigenvalue weighted by Gasteiger charge is -2.24. The van der Waals surface area contributed by atoms with Crippen LogP contribution in [0, 0.1) is 6.92 Å². The van der Waals surface area contributed by atoms with E-state index in [-0.39, 0.29) is 5.97 Å². The third kappa shape index (κ3) is 2.85. The number of para-hydroxylation sites is 1. The molecule has 6 nitrogen and oxygen atoms in total. The smallest absolute Gasteiger partial charge is 0.343 e. The van der Waals surface area contributed by atoms with Gasteiger partial charge in [0.25, 0.3) is 0 Å². The lowest BCUT2D eigenvalue weighted by Crippen LogP contribution is -2.12. The Balaban J connectivity index is 1.50. The first-order chi connectivity index (χ1) is 13.7. The summed E-state index contributed by atoms with van der Waals surface area (Å²) in [5, 5.41) is 11.9. The van der Waals surface area contributed by atoms with E-state index in [2.05, 4.69) is 33.1 Å². The van der Waals surface area contributed by atoms with Crippen molar-refractivity contribution in [2.24, 2.45) is 0 Å². The Hall–Kier alpha value is -3.15. The molecule has 0 unspecified atom stereocenters. The minimum atomic E-state index is -0.383. The van der Waals surface area contributed by atoms with E-state index in [0.717, 1.165) is 5.52 Å². The molecule has 0 spiro atoms. The van der Waals surface area contributed by atoms with E-state index in [0.29, 0.717) is 28.4 Å². The maximum absolute atomic E-state index is 12.8. The van der Waals surface area contributed by atoms with Crippen LogP contribution in [0.25, 0.3) is 21.9 Å². The number of carbonyl (C=O) groups excluding carboxylic acids is 1. The van der Waals surface area contributed by atoms with Gasteiger partial charge in [0, 0.05) is 23.1 Å². The zero-order valence-electron chi connectivity index (χ0n) is 15.8. The lowest BCUT2D eigenvalue weighted by molar-refractivity contribution is 0.0737. The summed E-state index contributed by atoms with van der Waals surface area (Å²) in [6.07, 6.45) is 8.49. The molecule has 2 heterocycles. The molecule has 1 fully saturated rings. The molecule has 5 rings (SSSR count). The molecule has 2 aromatic carbocycles. The van der Waals surface area contributed by atoms with Crippen molar-refractivity contribution >= 4 is 27.9 Å². The first-order valence-electron chi connectivity index (χ1n) is 9.83. The number of carbonyl (C=O) groups is 1. The van der Waals surface area contributed by atoms with Gasteiger partial charge in [0.2, 0.25) is 0 Å². The fraction of sp³-hybridized carbons (Fsp3) is 0.318. The molecule has 142 valence electrons. The van der Waals surface area contributed by atoms with Gasteiger partial charge in [-0.05, 0) is 49.6 Å². The van der Waals surface area contributed by atoms with Gasteiger partial charge in [0.05, 0.1) is 5.56 Å². The summed E-state index contributed by atoms with van der Waals surface area (Å²) < 4.78 is 8.00. The van der Waals surface area contributed by atoms with Crippen LogP contribution in [-0.4, -0.2) is 25.9 Å². The predicted octanol–water partition coefficient (Wildman–Crippen LogP) is 4.95. The van der Waals surface area contributed by atoms with E-state index in [1.165, 1.54) is 43.1 Å². The highest BCUT2D eigenvalue weighted by Crippen LogP contribution is 2.33. The van der Waals surface area contributed by atoms with E-state index in [1.54, 1.807) is 12.1 Å². The van der Waals surface area contributed by atoms with E-state index in [1.807, 2.05) is 24.3 Å². The SMILES string of the molecule is Cc1cn(C2CCCCC2)c2cc(C(=O)Oc3cccc4n[nH]nc34)ccc12. The number of aromatic amines is 1. The maximum Gasteiger partial charge on any atom is 0.343 e. The largest absolute Gasteiger partial charge is 0.420 e. The number of nitrogens with one attached hydrogen (secondary N) is 1. The number of rotatable bonds is 3. The van der Waals surface area contributed by atoms with Gasteiger partial charge in [-0.2, -0.15) is 15.4 Å². The summed E-state index contributed by atoms with van der Waals surface area (Å²) in [6.45, 7) is 2.13. The third-order valence-electron chi connectivity index (χ3n) is 5.75. The van der Waals surface area contributed by atoms with Crippen molar-refractivity contribution in [3.8, 4) is 5.75 Å². The van der Waals surface area contributed by atoms with Gasteiger partial charge in [-0.3, -0.25) is 0 Å². The molecule has 2 aromatic heterocycles. The van der Waals surface area contributed by atoms with Crippen LogP contribution in [0.1, 0.15) is 54.1 Å². The second-order valence-corrected chi connectivity index (χ2v) is 7.58. The third-order valence-corrected chi connectivity index (χ3v) is 5.75. The van der Waals surface area contributed by atoms with E-state index >= 15 is 0 Å². The minimum absolute atomic E-state index is 0.383. The van der Waals surface area contributed by atoms with Crippen LogP contribution in [0.15, 0.2) is 42.6 Å². The number of fused-ring (bicyclic) bond motifs is 2. The molecule has 28 heavy (non-hydrogen) atoms. The molecular formula is C22H22N4O2. The standard InChI is InChI=1S/C22H22N4O2/c1-14-13-26(16-6-3-2-4-7-16)19-12-15(10-11-17(14)19)22(27)28-20-9-5-8-18-21(20)24-25-23-18/h5,8-13,16H,2-4,6-7H2,1H3,(H,23,24,25). The molecule has 0 saturated heterocycles. The van der Waals surface area contributed by atoms with Crippen LogP contribution in [0.4, 0.5) is 0 Å². The average Bonchev–Trinajstić information content (AvgIpc) is 3.34. The Kier molecular flexibility index (Phi) is 4.11. The topological polar surface area (TPSA) is 72.8 Å². The van der Waals surface area contributed by atoms with E-state index in [4.69, 9.17) is 4.74 Å². The monoisotopic (exact) mass is 374 g/mol. The number of hydrogen-bond acceptors (Lipinski definition) is 4. The van der Waals surface area contributed by atoms with Crippen molar-refractivity contribution in [2.45, 2.75) is 45.1 Å². The Labute approximate surface area is 162 Å². The number of H-pyrrole nitrogens is 1. The van der Waals surface area contributed by atoms with Crippen molar-refractivity contribution in [3.05, 3.63) is 53.7 Å². The normalized spacial score (nSPS) is 15.3. The quantitative estimate of drug-likeness (QED) is 0.407. The lowest BCUT2D eigenvalue weighted by atomic mass is 9.95. The summed E-state index contributed by atoms with van der Waals surface area (Å²) in [4.78, 5) is 12.8. The number of aryl methyl sites for hydroxylation is 1. The van der Waals surface area contributed by atoms with Crippen LogP contribution in [0.5, 0.6) is 5.75 Å². The van der Waals surface area contributed by atoms with Crippen molar-refractivity contribution in [1.29, 1.82) is 0 Å². The van der Waals surface area contributed by atoms with Gasteiger partial charge in [-0.25, -0.2) is 4.79 Å². The zero-order valence-corrected chi connectivity index (χ0v) is 15.8. The molecular weight excluding hydrogens is 352 g/mol. The first-order valence-corrected chi connectivity index (χ1v) is 9.83. The zero-order chi connectivity index (χ0) is 19.1. The summed E-state index contributed by atoms with van der Waals surface area (Å²) >= 11 is 0. The summed E-state index contributed by atoms with van der Waals surface area (Å²) in [7, 11) is 0. The van der Waals surface area contributed by atoms with Gasteiger partial charge < -0.3 is 9.30 Å². The molecule has 1 aliphatic carbocycles. The van der Waals surface area contributed by atoms with Gasteiger partial charge in [-0.15, -0.1) is 0 Å². The van der Waals surface area contributed by atoms with E-state index < -0.39 is 0 Å². The summed E-state index contributed by atoms with van der Waals surface area (Å²) in [5.41, 5.74) is 4.12. The summed E-state index contributed by atoms with van der Waals surface area (Å²) in [5.74, 6) is 0.0293. The Morgan fingerprint density at radius 3 is 2.86 bits per heavy atom. The van der Waals surface area contributed by atoms with Gasteiger partial charge in [0.15, 0.2) is 11.3 Å². The maximum atomic E-state index is 12.8. The number of benzene rings is 2. The molecule has 6 heteroatoms. The average molecular weight is 374 g/mol. The molecule has 1 saturated carbocycles. The summed E-state index contributed by atoms with van der Waals surface area (Å²) in [6, 6.07) is 11.7. The molecule has 0 aliphatic heterocycles. The molecule has 0 amide bonds. The molecule has 0 radical (unpaired) electrons. The van der Waals surface area contributed by atoms with Crippen LogP contribution in [0.2, 0.25) is 0 Å². The number of aromatic nitrogens is 4. The molecule has 1 N–H and O–H groups in total. The molecule has 0 atom stereocenters. The first kappa shape index (κ1) is 17.0. The van der Waals surface area contributed by atoms with Crippen molar-refractivity contribution in [3.63, 3.8) is 0 Å². The fourth-order valence-corrected chi connectivity index (χ4v) is 4.30. The molecule has 0 bridgehead atoms. The van der Waals surface area contributed by atoms with Crippen molar-refractivity contribution in [2.75, 3.05) is 0 Å². The number of esters is 1. The van der Waals surface area contributed by atoms with Gasteiger partial charge in [-0.1, -0.05) is 31.4 Å². The number of ether oxygens (including phenoxy) is 1.